The molecule has 0 saturated carbocycles. The van der Waals surface area contributed by atoms with Crippen molar-refractivity contribution in [3.8, 4) is 5.75 Å². The number of halogens is 4. The number of aliphatic imine (C=N–C) groups is 1. The molecule has 0 amide bonds. The van der Waals surface area contributed by atoms with Gasteiger partial charge in [0.25, 0.3) is 6.02 Å². The zero-order valence-corrected chi connectivity index (χ0v) is 16.5. The average Bonchev–Trinajstić information content (AvgIpc) is 2.70. The highest BCUT2D eigenvalue weighted by molar-refractivity contribution is 6.30. The summed E-state index contributed by atoms with van der Waals surface area (Å²) in [6.07, 6.45) is 0.0470. The third-order valence-electron chi connectivity index (χ3n) is 4.64. The van der Waals surface area contributed by atoms with Crippen LogP contribution in [0.3, 0.4) is 0 Å². The van der Waals surface area contributed by atoms with Crippen molar-refractivity contribution < 1.29 is 32.4 Å². The lowest BCUT2D eigenvalue weighted by Gasteiger charge is -2.37. The Morgan fingerprint density at radius 3 is 2.71 bits per heavy atom. The van der Waals surface area contributed by atoms with Gasteiger partial charge >= 0.3 is 11.6 Å². The van der Waals surface area contributed by atoms with Gasteiger partial charge in [0.2, 0.25) is 5.75 Å². The van der Waals surface area contributed by atoms with Crippen LogP contribution in [0.2, 0.25) is 5.02 Å². The number of hydrogen-bond donors (Lipinski definition) is 1. The maximum atomic E-state index is 14.9. The average molecular weight is 459 g/mol. The fraction of sp³-hybridized carbons (Fsp3) is 0.278. The van der Waals surface area contributed by atoms with Crippen molar-refractivity contribution in [3.05, 3.63) is 62.7 Å². The summed E-state index contributed by atoms with van der Waals surface area (Å²) in [4.78, 5) is 29.4. The lowest BCUT2D eigenvalue weighted by atomic mass is 9.85. The van der Waals surface area contributed by atoms with Crippen LogP contribution in [0.4, 0.5) is 18.9 Å². The molecule has 1 aromatic carbocycles. The number of alkyl halides is 2. The number of nitro groups is 1. The van der Waals surface area contributed by atoms with E-state index in [0.717, 1.165) is 6.92 Å². The third kappa shape index (κ3) is 4.10. The number of benzene rings is 1. The quantitative estimate of drug-likeness (QED) is 0.399. The minimum absolute atomic E-state index is 0.0403. The summed E-state index contributed by atoms with van der Waals surface area (Å²) in [6, 6.07) is 3.21. The Balaban J connectivity index is 2.09. The summed E-state index contributed by atoms with van der Waals surface area (Å²) < 4.78 is 53.7. The Bertz CT molecular complexity index is 1070. The second kappa shape index (κ2) is 8.02. The van der Waals surface area contributed by atoms with Gasteiger partial charge in [0, 0.05) is 23.9 Å². The van der Waals surface area contributed by atoms with Crippen LogP contribution >= 0.6 is 11.6 Å². The topological polar surface area (TPSA) is 130 Å². The fourth-order valence-electron chi connectivity index (χ4n) is 2.90. The van der Waals surface area contributed by atoms with Crippen LogP contribution in [0.1, 0.15) is 24.3 Å². The van der Waals surface area contributed by atoms with Crippen molar-refractivity contribution in [2.45, 2.75) is 24.5 Å². The first-order chi connectivity index (χ1) is 14.5. The van der Waals surface area contributed by atoms with Gasteiger partial charge in [-0.25, -0.2) is 9.38 Å². The number of ether oxygens (including phenoxy) is 2. The Labute approximate surface area is 177 Å². The molecule has 31 heavy (non-hydrogen) atoms. The van der Waals surface area contributed by atoms with Crippen LogP contribution in [-0.4, -0.2) is 34.7 Å². The van der Waals surface area contributed by atoms with E-state index in [-0.39, 0.29) is 17.0 Å². The number of pyridine rings is 1. The summed E-state index contributed by atoms with van der Waals surface area (Å²) in [7, 11) is 0. The molecule has 13 heteroatoms. The normalized spacial score (nSPS) is 20.9. The van der Waals surface area contributed by atoms with Gasteiger partial charge < -0.3 is 15.2 Å². The molecule has 0 spiro atoms. The monoisotopic (exact) mass is 458 g/mol. The molecule has 0 fully saturated rings. The summed E-state index contributed by atoms with van der Waals surface area (Å²) in [5, 5.41) is 11.8. The van der Waals surface area contributed by atoms with Crippen molar-refractivity contribution >= 4 is 29.6 Å². The van der Waals surface area contributed by atoms with Crippen LogP contribution < -0.4 is 10.5 Å². The summed E-state index contributed by atoms with van der Waals surface area (Å²) in [5.41, 5.74) is 1.16. The first kappa shape index (κ1) is 22.3. The smallest absolute Gasteiger partial charge is 0.311 e. The number of aldehydes is 1. The summed E-state index contributed by atoms with van der Waals surface area (Å²) in [6.45, 7) is -0.323. The van der Waals surface area contributed by atoms with Crippen molar-refractivity contribution in [3.63, 3.8) is 0 Å². The summed E-state index contributed by atoms with van der Waals surface area (Å²) in [5.74, 6) is -5.68. The molecule has 164 valence electrons. The van der Waals surface area contributed by atoms with Crippen LogP contribution in [0.25, 0.3) is 0 Å². The molecule has 0 bridgehead atoms. The molecule has 0 aliphatic carbocycles. The van der Waals surface area contributed by atoms with E-state index in [9.17, 15) is 28.1 Å². The molecular weight excluding hydrogens is 445 g/mol. The highest BCUT2D eigenvalue weighted by Crippen LogP contribution is 2.46. The minimum Gasteiger partial charge on any atom is -0.469 e. The van der Waals surface area contributed by atoms with Gasteiger partial charge in [-0.2, -0.15) is 8.78 Å². The fourth-order valence-corrected chi connectivity index (χ4v) is 3.01. The number of rotatable bonds is 6. The number of nitrogens with two attached hydrogens (primary N) is 1. The molecule has 1 aliphatic heterocycles. The number of nitrogens with zero attached hydrogens (tertiary/aromatic N) is 3. The van der Waals surface area contributed by atoms with E-state index >= 15 is 0 Å². The number of nitro benzene ring substituents is 1. The zero-order chi connectivity index (χ0) is 23.0. The number of hydrogen-bond acceptors (Lipinski definition) is 8. The number of carbonyl (C=O) groups is 1. The first-order valence-electron chi connectivity index (χ1n) is 8.56. The lowest BCUT2D eigenvalue weighted by Crippen LogP contribution is -2.51. The lowest BCUT2D eigenvalue weighted by molar-refractivity contribution is -0.386. The second-order valence-corrected chi connectivity index (χ2v) is 7.08. The van der Waals surface area contributed by atoms with Gasteiger partial charge in [-0.15, -0.1) is 0 Å². The molecule has 0 saturated heterocycles. The van der Waals surface area contributed by atoms with E-state index in [1.165, 1.54) is 18.3 Å². The van der Waals surface area contributed by atoms with Gasteiger partial charge in [0.05, 0.1) is 15.6 Å². The Morgan fingerprint density at radius 1 is 1.42 bits per heavy atom. The number of amidine groups is 1. The van der Waals surface area contributed by atoms with Gasteiger partial charge in [0.15, 0.2) is 24.5 Å². The molecule has 2 heterocycles. The van der Waals surface area contributed by atoms with E-state index < -0.39 is 57.9 Å². The van der Waals surface area contributed by atoms with Crippen LogP contribution in [0.5, 0.6) is 5.75 Å². The Kier molecular flexibility index (Phi) is 5.77. The molecule has 1 aromatic heterocycles. The van der Waals surface area contributed by atoms with E-state index in [4.69, 9.17) is 22.1 Å². The van der Waals surface area contributed by atoms with E-state index in [1.54, 1.807) is 0 Å². The van der Waals surface area contributed by atoms with Crippen molar-refractivity contribution in [2.24, 2.45) is 10.7 Å². The Hall–Kier alpha value is -3.41. The van der Waals surface area contributed by atoms with Crippen molar-refractivity contribution in [1.82, 2.24) is 4.98 Å². The zero-order valence-electron chi connectivity index (χ0n) is 15.7. The van der Waals surface area contributed by atoms with Crippen molar-refractivity contribution in [1.29, 1.82) is 0 Å². The predicted molar refractivity (Wildman–Crippen MR) is 102 cm³/mol. The van der Waals surface area contributed by atoms with Gasteiger partial charge in [-0.05, 0) is 19.1 Å². The highest BCUT2D eigenvalue weighted by Gasteiger charge is 2.57. The number of carbonyl (C=O) groups excluding carboxylic acids is 1. The molecule has 2 atom stereocenters. The van der Waals surface area contributed by atoms with Crippen molar-refractivity contribution in [2.75, 3.05) is 6.61 Å². The maximum Gasteiger partial charge on any atom is 0.311 e. The molecule has 2 aromatic rings. The molecule has 3 rings (SSSR count). The molecule has 2 N–H and O–H groups in total. The van der Waals surface area contributed by atoms with Crippen LogP contribution in [0, 0.1) is 15.9 Å². The third-order valence-corrected chi connectivity index (χ3v) is 4.86. The SMILES string of the molecule is CC1(c2cc([N+](=O)[O-])c(OC(C=O)c3ccc(Cl)cn3)cc2F)N=C(N)OCC1(F)F. The van der Waals surface area contributed by atoms with Gasteiger partial charge in [0.1, 0.15) is 5.82 Å². The summed E-state index contributed by atoms with van der Waals surface area (Å²) >= 11 is 5.72. The van der Waals surface area contributed by atoms with Gasteiger partial charge in [-0.3, -0.25) is 19.9 Å². The maximum absolute atomic E-state index is 14.9. The van der Waals surface area contributed by atoms with E-state index in [0.29, 0.717) is 12.1 Å². The Morgan fingerprint density at radius 2 is 2.13 bits per heavy atom. The standard InChI is InChI=1S/C18H14ClF3N4O5/c1-17(18(21,22)8-30-16(23)25-17)10-4-13(26(28)29)14(5-11(10)20)31-15(7-27)12-3-2-9(19)6-24-12/h2-7,15H,8H2,1H3,(H2,23,25). The molecular formula is C18H14ClF3N4O5. The molecule has 2 unspecified atom stereocenters. The van der Waals surface area contributed by atoms with E-state index in [1.807, 2.05) is 0 Å². The first-order valence-corrected chi connectivity index (χ1v) is 8.94. The minimum atomic E-state index is -3.73. The highest BCUT2D eigenvalue weighted by atomic mass is 35.5. The molecule has 1 aliphatic rings. The van der Waals surface area contributed by atoms with Gasteiger partial charge in [-0.1, -0.05) is 11.6 Å². The number of aromatic nitrogens is 1. The largest absolute Gasteiger partial charge is 0.469 e. The van der Waals surface area contributed by atoms with E-state index in [2.05, 4.69) is 14.7 Å². The second-order valence-electron chi connectivity index (χ2n) is 6.65. The van der Waals surface area contributed by atoms with Crippen LogP contribution in [0.15, 0.2) is 35.5 Å². The predicted octanol–water partition coefficient (Wildman–Crippen LogP) is 3.30. The molecule has 9 nitrogen and oxygen atoms in total. The molecule has 0 radical (unpaired) electrons. The van der Waals surface area contributed by atoms with Crippen LogP contribution in [-0.2, 0) is 15.1 Å².